The highest BCUT2D eigenvalue weighted by Crippen LogP contribution is 2.17. The summed E-state index contributed by atoms with van der Waals surface area (Å²) in [5.41, 5.74) is 0. The van der Waals surface area contributed by atoms with Crippen LogP contribution in [0.5, 0.6) is 0 Å². The molecule has 0 spiro atoms. The van der Waals surface area contributed by atoms with Gasteiger partial charge in [-0.05, 0) is 25.7 Å². The van der Waals surface area contributed by atoms with E-state index >= 15 is 0 Å². The van der Waals surface area contributed by atoms with Gasteiger partial charge in [-0.25, -0.2) is 0 Å². The summed E-state index contributed by atoms with van der Waals surface area (Å²) in [7, 11) is 0. The molecule has 0 saturated carbocycles. The Labute approximate surface area is 85.1 Å². The van der Waals surface area contributed by atoms with Crippen molar-refractivity contribution in [2.24, 2.45) is 0 Å². The maximum atomic E-state index is 10.4. The molecule has 0 radical (unpaired) electrons. The zero-order chi connectivity index (χ0) is 10.2. The van der Waals surface area contributed by atoms with Crippen molar-refractivity contribution in [3.63, 3.8) is 0 Å². The van der Waals surface area contributed by atoms with Gasteiger partial charge in [-0.1, -0.05) is 6.08 Å². The number of carbonyl (C=O) groups is 1. The van der Waals surface area contributed by atoms with Crippen LogP contribution in [0.2, 0.25) is 0 Å². The lowest BCUT2D eigenvalue weighted by Gasteiger charge is -2.26. The molecule has 3 nitrogen and oxygen atoms in total. The fourth-order valence-corrected chi connectivity index (χ4v) is 1.53. The van der Waals surface area contributed by atoms with Gasteiger partial charge < -0.3 is 14.3 Å². The predicted molar refractivity (Wildman–Crippen MR) is 54.0 cm³/mol. The lowest BCUT2D eigenvalue weighted by atomic mass is 10.1. The van der Waals surface area contributed by atoms with Crippen LogP contribution in [0.3, 0.4) is 0 Å². The van der Waals surface area contributed by atoms with Crippen molar-refractivity contribution in [1.82, 2.24) is 0 Å². The van der Waals surface area contributed by atoms with Crippen LogP contribution < -0.4 is 0 Å². The Morgan fingerprint density at radius 2 is 2.36 bits per heavy atom. The summed E-state index contributed by atoms with van der Waals surface area (Å²) in [4.78, 5) is 10.4. The molecule has 80 valence electrons. The normalized spacial score (nSPS) is 24.1. The van der Waals surface area contributed by atoms with E-state index in [4.69, 9.17) is 9.47 Å². The van der Waals surface area contributed by atoms with E-state index in [1.54, 1.807) is 6.08 Å². The van der Waals surface area contributed by atoms with E-state index in [0.717, 1.165) is 32.2 Å². The summed E-state index contributed by atoms with van der Waals surface area (Å²) in [6.07, 6.45) is 6.80. The Hall–Kier alpha value is -0.670. The third kappa shape index (κ3) is 4.03. The Bertz CT molecular complexity index is 163. The van der Waals surface area contributed by atoms with E-state index in [-0.39, 0.29) is 12.4 Å². The summed E-state index contributed by atoms with van der Waals surface area (Å²) in [6, 6.07) is 0. The highest BCUT2D eigenvalue weighted by atomic mass is 16.7. The summed E-state index contributed by atoms with van der Waals surface area (Å²) in [6.45, 7) is 4.41. The number of ether oxygens (including phenoxy) is 2. The average molecular weight is 198 g/mol. The molecule has 0 aromatic rings. The lowest BCUT2D eigenvalue weighted by Crippen LogP contribution is -2.27. The highest BCUT2D eigenvalue weighted by Gasteiger charge is 2.18. The van der Waals surface area contributed by atoms with Gasteiger partial charge in [0.2, 0.25) is 0 Å². The van der Waals surface area contributed by atoms with Crippen molar-refractivity contribution in [2.75, 3.05) is 6.61 Å². The molecule has 1 fully saturated rings. The third-order valence-electron chi connectivity index (χ3n) is 2.27. The minimum Gasteiger partial charge on any atom is -0.353 e. The molecular formula is C11H18O3. The minimum atomic E-state index is -0.117. The molecule has 1 saturated heterocycles. The van der Waals surface area contributed by atoms with Crippen LogP contribution in [-0.2, 0) is 14.3 Å². The Morgan fingerprint density at radius 1 is 1.50 bits per heavy atom. The highest BCUT2D eigenvalue weighted by molar-refractivity contribution is 5.50. The Kier molecular flexibility index (Phi) is 5.49. The number of aldehydes is 1. The summed E-state index contributed by atoms with van der Waals surface area (Å²) in [5, 5.41) is 0. The van der Waals surface area contributed by atoms with E-state index in [1.807, 2.05) is 0 Å². The standard InChI is InChI=1S/C11H18O3/c1-2-5-10(7-8-12)14-11-6-3-4-9-13-11/h2,8,10-11H,1,3-7,9H2/t10-,11?/m0/s1. The minimum absolute atomic E-state index is 0.0619. The van der Waals surface area contributed by atoms with Crippen molar-refractivity contribution in [2.45, 2.75) is 44.5 Å². The van der Waals surface area contributed by atoms with E-state index in [2.05, 4.69) is 6.58 Å². The van der Waals surface area contributed by atoms with Gasteiger partial charge in [-0.2, -0.15) is 0 Å². The SMILES string of the molecule is C=CC[C@@H](CC=O)OC1CCCCO1. The molecule has 1 heterocycles. The monoisotopic (exact) mass is 198 g/mol. The largest absolute Gasteiger partial charge is 0.353 e. The second kappa shape index (κ2) is 6.74. The van der Waals surface area contributed by atoms with Crippen LogP contribution in [0.25, 0.3) is 0 Å². The fraction of sp³-hybridized carbons (Fsp3) is 0.727. The number of hydrogen-bond donors (Lipinski definition) is 0. The molecular weight excluding hydrogens is 180 g/mol. The molecule has 1 aliphatic heterocycles. The van der Waals surface area contributed by atoms with Gasteiger partial charge in [0.25, 0.3) is 0 Å². The van der Waals surface area contributed by atoms with Gasteiger partial charge in [-0.3, -0.25) is 0 Å². The van der Waals surface area contributed by atoms with Gasteiger partial charge in [0, 0.05) is 13.0 Å². The molecule has 0 N–H and O–H groups in total. The topological polar surface area (TPSA) is 35.5 Å². The molecule has 1 aliphatic rings. The number of rotatable bonds is 6. The van der Waals surface area contributed by atoms with E-state index in [9.17, 15) is 4.79 Å². The lowest BCUT2D eigenvalue weighted by molar-refractivity contribution is -0.187. The molecule has 3 heteroatoms. The van der Waals surface area contributed by atoms with Gasteiger partial charge in [-0.15, -0.1) is 6.58 Å². The Balaban J connectivity index is 2.28. The molecule has 1 unspecified atom stereocenters. The number of carbonyl (C=O) groups excluding carboxylic acids is 1. The molecule has 0 aromatic heterocycles. The summed E-state index contributed by atoms with van der Waals surface area (Å²) < 4.78 is 11.1. The van der Waals surface area contributed by atoms with Crippen molar-refractivity contribution in [3.8, 4) is 0 Å². The first kappa shape index (κ1) is 11.4. The molecule has 0 aromatic carbocycles. The zero-order valence-electron chi connectivity index (χ0n) is 8.48. The van der Waals surface area contributed by atoms with Crippen molar-refractivity contribution in [3.05, 3.63) is 12.7 Å². The first-order valence-corrected chi connectivity index (χ1v) is 5.18. The van der Waals surface area contributed by atoms with Gasteiger partial charge >= 0.3 is 0 Å². The first-order valence-electron chi connectivity index (χ1n) is 5.18. The zero-order valence-corrected chi connectivity index (χ0v) is 8.48. The quantitative estimate of drug-likeness (QED) is 0.484. The summed E-state index contributed by atoms with van der Waals surface area (Å²) >= 11 is 0. The Morgan fingerprint density at radius 3 is 2.93 bits per heavy atom. The predicted octanol–water partition coefficient (Wildman–Crippen LogP) is 2.06. The van der Waals surface area contributed by atoms with Crippen LogP contribution in [0, 0.1) is 0 Å². The summed E-state index contributed by atoms with van der Waals surface area (Å²) in [5.74, 6) is 0. The molecule has 0 bridgehead atoms. The van der Waals surface area contributed by atoms with Gasteiger partial charge in [0.1, 0.15) is 6.29 Å². The molecule has 14 heavy (non-hydrogen) atoms. The fourth-order valence-electron chi connectivity index (χ4n) is 1.53. The smallest absolute Gasteiger partial charge is 0.157 e. The first-order chi connectivity index (χ1) is 6.86. The van der Waals surface area contributed by atoms with Crippen molar-refractivity contribution in [1.29, 1.82) is 0 Å². The second-order valence-corrected chi connectivity index (χ2v) is 3.48. The van der Waals surface area contributed by atoms with E-state index < -0.39 is 0 Å². The van der Waals surface area contributed by atoms with Crippen molar-refractivity contribution < 1.29 is 14.3 Å². The van der Waals surface area contributed by atoms with E-state index in [0.29, 0.717) is 12.8 Å². The van der Waals surface area contributed by atoms with Crippen LogP contribution in [0.4, 0.5) is 0 Å². The maximum absolute atomic E-state index is 10.4. The van der Waals surface area contributed by atoms with Crippen LogP contribution in [0.1, 0.15) is 32.1 Å². The molecule has 0 amide bonds. The maximum Gasteiger partial charge on any atom is 0.157 e. The van der Waals surface area contributed by atoms with Crippen LogP contribution in [-0.4, -0.2) is 25.3 Å². The molecule has 0 aliphatic carbocycles. The molecule has 1 rings (SSSR count). The van der Waals surface area contributed by atoms with Gasteiger partial charge in [0.05, 0.1) is 6.10 Å². The third-order valence-corrected chi connectivity index (χ3v) is 2.27. The van der Waals surface area contributed by atoms with Crippen LogP contribution >= 0.6 is 0 Å². The second-order valence-electron chi connectivity index (χ2n) is 3.48. The average Bonchev–Trinajstić information content (AvgIpc) is 2.20. The number of hydrogen-bond acceptors (Lipinski definition) is 3. The molecule has 2 atom stereocenters. The van der Waals surface area contributed by atoms with Crippen molar-refractivity contribution >= 4 is 6.29 Å². The van der Waals surface area contributed by atoms with E-state index in [1.165, 1.54) is 0 Å². The van der Waals surface area contributed by atoms with Gasteiger partial charge in [0.15, 0.2) is 6.29 Å². The van der Waals surface area contributed by atoms with Crippen LogP contribution in [0.15, 0.2) is 12.7 Å².